The molecule has 1 rings (SSSR count). The van der Waals surface area contributed by atoms with Crippen molar-refractivity contribution in [3.8, 4) is 0 Å². The average Bonchev–Trinajstić information content (AvgIpc) is 2.21. The van der Waals surface area contributed by atoms with Crippen LogP contribution >= 0.6 is 0 Å². The maximum absolute atomic E-state index is 5.49. The zero-order valence-corrected chi connectivity index (χ0v) is 9.96. The summed E-state index contributed by atoms with van der Waals surface area (Å²) in [7, 11) is 5.49. The second-order valence-corrected chi connectivity index (χ2v) is 3.38. The van der Waals surface area contributed by atoms with Crippen LogP contribution in [0.15, 0.2) is 18.2 Å². The van der Waals surface area contributed by atoms with Gasteiger partial charge in [-0.1, -0.05) is 13.8 Å². The first-order valence-electron chi connectivity index (χ1n) is 5.31. The summed E-state index contributed by atoms with van der Waals surface area (Å²) in [6, 6.07) is 6.26. The van der Waals surface area contributed by atoms with Gasteiger partial charge in [0.15, 0.2) is 0 Å². The summed E-state index contributed by atoms with van der Waals surface area (Å²) in [5, 5.41) is 0. The number of hydrogen-bond acceptors (Lipinski definition) is 0. The van der Waals surface area contributed by atoms with Crippen LogP contribution in [0.5, 0.6) is 0 Å². The normalized spacial score (nSPS) is 9.21. The van der Waals surface area contributed by atoms with E-state index in [0.717, 1.165) is 5.56 Å². The van der Waals surface area contributed by atoms with Crippen molar-refractivity contribution < 1.29 is 0 Å². The average molecular weight is 187 g/mol. The third kappa shape index (κ3) is 3.14. The Morgan fingerprint density at radius 2 is 1.79 bits per heavy atom. The summed E-state index contributed by atoms with van der Waals surface area (Å²) >= 11 is 0. The van der Waals surface area contributed by atoms with Crippen molar-refractivity contribution in [3.63, 3.8) is 0 Å². The molecule has 0 nitrogen and oxygen atoms in total. The van der Waals surface area contributed by atoms with Crippen LogP contribution in [0.3, 0.4) is 0 Å². The quantitative estimate of drug-likeness (QED) is 0.622. The monoisotopic (exact) mass is 187 g/mol. The predicted octanol–water partition coefficient (Wildman–Crippen LogP) is 3.46. The molecule has 75 valence electrons. The summed E-state index contributed by atoms with van der Waals surface area (Å²) in [6.45, 7) is 10.5. The third-order valence-corrected chi connectivity index (χ3v) is 2.22. The molecule has 0 aliphatic carbocycles. The predicted molar refractivity (Wildman–Crippen MR) is 67.5 cm³/mol. The van der Waals surface area contributed by atoms with Crippen molar-refractivity contribution in [3.05, 3.63) is 34.9 Å². The molecule has 0 fully saturated rings. The van der Waals surface area contributed by atoms with Gasteiger partial charge in [0.25, 0.3) is 0 Å². The van der Waals surface area contributed by atoms with Crippen LogP contribution in [-0.2, 0) is 0 Å². The van der Waals surface area contributed by atoms with Crippen LogP contribution in [0.1, 0.15) is 50.3 Å². The van der Waals surface area contributed by atoms with Gasteiger partial charge < -0.3 is 0 Å². The van der Waals surface area contributed by atoms with Crippen molar-refractivity contribution in [1.29, 1.82) is 0 Å². The Morgan fingerprint density at radius 1 is 1.21 bits per heavy atom. The minimum absolute atomic E-state index is 0.574. The van der Waals surface area contributed by atoms with E-state index in [2.05, 4.69) is 32.9 Å². The van der Waals surface area contributed by atoms with Gasteiger partial charge in [0.1, 0.15) is 0 Å². The summed E-state index contributed by atoms with van der Waals surface area (Å²) in [5.74, 6) is 2.24. The molecule has 1 heteroatoms. The molecule has 14 heavy (non-hydrogen) atoms. The minimum atomic E-state index is 0.574. The van der Waals surface area contributed by atoms with Crippen molar-refractivity contribution >= 4 is 13.5 Å². The van der Waals surface area contributed by atoms with E-state index in [-0.39, 0.29) is 0 Å². The Hall–Kier alpha value is -0.845. The van der Waals surface area contributed by atoms with Gasteiger partial charge in [-0.15, -0.1) is 0 Å². The molecule has 0 spiro atoms. The Bertz CT molecular complexity index is 287. The molecular weight excluding hydrogens is 167 g/mol. The molecule has 0 amide bonds. The van der Waals surface area contributed by atoms with E-state index < -0.39 is 0 Å². The van der Waals surface area contributed by atoms with Crippen LogP contribution in [0, 0.1) is 6.92 Å². The molecule has 0 aromatic heterocycles. The zero-order valence-electron chi connectivity index (χ0n) is 9.96. The molecular formula is C13H20B. The molecule has 0 aliphatic heterocycles. The Labute approximate surface area is 89.4 Å². The van der Waals surface area contributed by atoms with Gasteiger partial charge in [-0.2, -0.15) is 0 Å². The molecule has 0 aliphatic rings. The maximum atomic E-state index is 5.49. The van der Waals surface area contributed by atoms with Crippen LogP contribution in [0.25, 0.3) is 0 Å². The van der Waals surface area contributed by atoms with Crippen molar-refractivity contribution in [2.45, 2.75) is 40.5 Å². The van der Waals surface area contributed by atoms with E-state index in [9.17, 15) is 0 Å². The molecule has 1 aromatic rings. The van der Waals surface area contributed by atoms with Crippen LogP contribution in [0.4, 0.5) is 0 Å². The van der Waals surface area contributed by atoms with E-state index in [1.165, 1.54) is 11.1 Å². The number of hydrogen-bond donors (Lipinski definition) is 0. The van der Waals surface area contributed by atoms with Crippen LogP contribution < -0.4 is 0 Å². The zero-order chi connectivity index (χ0) is 11.1. The Morgan fingerprint density at radius 3 is 2.21 bits per heavy atom. The fourth-order valence-electron chi connectivity index (χ4n) is 1.48. The SMILES string of the molecule is CC.[B]=Cc1cccc(C(C)C)c1C. The summed E-state index contributed by atoms with van der Waals surface area (Å²) in [5.41, 5.74) is 3.82. The van der Waals surface area contributed by atoms with Gasteiger partial charge in [0.05, 0.1) is 0 Å². The second-order valence-electron chi connectivity index (χ2n) is 3.38. The number of rotatable bonds is 2. The summed E-state index contributed by atoms with van der Waals surface area (Å²) in [6.07, 6.45) is 0. The van der Waals surface area contributed by atoms with Gasteiger partial charge in [0.2, 0.25) is 0 Å². The molecule has 0 bridgehead atoms. The second kappa shape index (κ2) is 6.59. The molecule has 0 saturated heterocycles. The van der Waals surface area contributed by atoms with Gasteiger partial charge in [0, 0.05) is 0 Å². The Kier molecular flexibility index (Phi) is 6.19. The summed E-state index contributed by atoms with van der Waals surface area (Å²) < 4.78 is 0. The standard InChI is InChI=1S/C11H14B.C2H6/c1-8(2)11-6-4-5-10(7-12)9(11)3;1-2/h4-8H,1-3H3;1-2H3. The molecule has 1 radical (unpaired) electrons. The number of benzene rings is 1. The molecule has 0 saturated carbocycles. The molecule has 1 aromatic carbocycles. The van der Waals surface area contributed by atoms with Gasteiger partial charge >= 0.3 is 75.0 Å². The van der Waals surface area contributed by atoms with Crippen LogP contribution in [0.2, 0.25) is 0 Å². The topological polar surface area (TPSA) is 0 Å². The van der Waals surface area contributed by atoms with Gasteiger partial charge in [-0.3, -0.25) is 0 Å². The van der Waals surface area contributed by atoms with E-state index in [1.807, 2.05) is 19.9 Å². The molecule has 0 N–H and O–H groups in total. The Balaban J connectivity index is 0.000000791. The summed E-state index contributed by atoms with van der Waals surface area (Å²) in [4.78, 5) is 0. The first-order chi connectivity index (χ1) is 6.66. The van der Waals surface area contributed by atoms with E-state index in [1.54, 1.807) is 5.97 Å². The van der Waals surface area contributed by atoms with Crippen molar-refractivity contribution in [2.75, 3.05) is 0 Å². The van der Waals surface area contributed by atoms with Gasteiger partial charge in [-0.25, -0.2) is 0 Å². The van der Waals surface area contributed by atoms with E-state index >= 15 is 0 Å². The first kappa shape index (κ1) is 13.2. The third-order valence-electron chi connectivity index (χ3n) is 2.22. The molecule has 0 atom stereocenters. The molecule has 0 heterocycles. The van der Waals surface area contributed by atoms with Crippen LogP contribution in [-0.4, -0.2) is 13.5 Å². The first-order valence-corrected chi connectivity index (χ1v) is 5.31. The van der Waals surface area contributed by atoms with Crippen molar-refractivity contribution in [1.82, 2.24) is 0 Å². The fraction of sp³-hybridized carbons (Fsp3) is 0.462. The fourth-order valence-corrected chi connectivity index (χ4v) is 1.48. The van der Waals surface area contributed by atoms with E-state index in [4.69, 9.17) is 7.49 Å². The van der Waals surface area contributed by atoms with E-state index in [0.29, 0.717) is 5.92 Å². The molecule has 0 unspecified atom stereocenters. The van der Waals surface area contributed by atoms with Crippen molar-refractivity contribution in [2.24, 2.45) is 0 Å². The van der Waals surface area contributed by atoms with Gasteiger partial charge in [-0.05, 0) is 0 Å².